The molecule has 2 nitrogen and oxygen atoms in total. The quantitative estimate of drug-likeness (QED) is 0.647. The summed E-state index contributed by atoms with van der Waals surface area (Å²) >= 11 is 0. The van der Waals surface area contributed by atoms with Gasteiger partial charge in [0, 0.05) is 24.9 Å². The van der Waals surface area contributed by atoms with E-state index in [1.807, 2.05) is 0 Å². The average molecular weight is 406 g/mol. The molecule has 30 heavy (non-hydrogen) atoms. The standard InChI is InChI=1S/C28H39NO/c1-2-25-13-22-14-27(16-25,23-6-4-3-5-7-23)18-28(15-22,17-25)24(30)12-21-8-10-26(11-9-21)19-29-20-26/h3-7,21-22,29H,2,8-20H2,1H3. The fourth-order valence-electron chi connectivity index (χ4n) is 9.26. The molecule has 6 aliphatic rings. The molecule has 1 saturated heterocycles. The van der Waals surface area contributed by atoms with Crippen molar-refractivity contribution >= 4 is 5.78 Å². The molecule has 1 spiro atoms. The van der Waals surface area contributed by atoms with E-state index in [-0.39, 0.29) is 10.8 Å². The molecule has 5 aliphatic carbocycles. The largest absolute Gasteiger partial charge is 0.316 e. The summed E-state index contributed by atoms with van der Waals surface area (Å²) in [5, 5.41) is 3.48. The van der Waals surface area contributed by atoms with Crippen LogP contribution in [0.3, 0.4) is 0 Å². The lowest BCUT2D eigenvalue weighted by atomic mass is 9.37. The van der Waals surface area contributed by atoms with Crippen LogP contribution in [0.2, 0.25) is 0 Å². The van der Waals surface area contributed by atoms with Gasteiger partial charge in [-0.15, -0.1) is 0 Å². The minimum absolute atomic E-state index is 0.0154. The van der Waals surface area contributed by atoms with Gasteiger partial charge >= 0.3 is 0 Å². The van der Waals surface area contributed by atoms with Gasteiger partial charge in [0.25, 0.3) is 0 Å². The number of ketones is 1. The summed E-state index contributed by atoms with van der Waals surface area (Å²) in [7, 11) is 0. The highest BCUT2D eigenvalue weighted by Gasteiger charge is 2.65. The first kappa shape index (κ1) is 19.5. The van der Waals surface area contributed by atoms with Crippen LogP contribution < -0.4 is 5.32 Å². The molecule has 6 fully saturated rings. The number of hydrogen-bond acceptors (Lipinski definition) is 2. The van der Waals surface area contributed by atoms with Gasteiger partial charge in [-0.2, -0.15) is 0 Å². The summed E-state index contributed by atoms with van der Waals surface area (Å²) in [4.78, 5) is 14.0. The van der Waals surface area contributed by atoms with Crippen molar-refractivity contribution in [3.63, 3.8) is 0 Å². The van der Waals surface area contributed by atoms with E-state index in [9.17, 15) is 4.79 Å². The average Bonchev–Trinajstić information content (AvgIpc) is 2.73. The van der Waals surface area contributed by atoms with Gasteiger partial charge in [0.2, 0.25) is 0 Å². The summed E-state index contributed by atoms with van der Waals surface area (Å²) in [6.45, 7) is 4.84. The molecule has 1 aromatic carbocycles. The molecule has 0 radical (unpaired) electrons. The molecule has 1 N–H and O–H groups in total. The molecule has 1 aliphatic heterocycles. The van der Waals surface area contributed by atoms with Crippen molar-refractivity contribution in [2.24, 2.45) is 28.1 Å². The van der Waals surface area contributed by atoms with Crippen molar-refractivity contribution < 1.29 is 4.79 Å². The zero-order valence-corrected chi connectivity index (χ0v) is 18.8. The Morgan fingerprint density at radius 2 is 1.77 bits per heavy atom. The Morgan fingerprint density at radius 1 is 1.00 bits per heavy atom. The second kappa shape index (κ2) is 6.67. The molecule has 4 bridgehead atoms. The lowest BCUT2D eigenvalue weighted by Crippen LogP contribution is -2.61. The molecule has 5 saturated carbocycles. The number of Topliss-reactive ketones (excluding diaryl/α,β-unsaturated/α-hetero) is 1. The number of carbonyl (C=O) groups excluding carboxylic acids is 1. The van der Waals surface area contributed by atoms with E-state index in [0.29, 0.717) is 22.5 Å². The van der Waals surface area contributed by atoms with Gasteiger partial charge < -0.3 is 5.32 Å². The molecule has 0 amide bonds. The maximum absolute atomic E-state index is 14.0. The molecule has 0 aromatic heterocycles. The highest BCUT2D eigenvalue weighted by Crippen LogP contribution is 2.71. The van der Waals surface area contributed by atoms with E-state index in [4.69, 9.17) is 0 Å². The van der Waals surface area contributed by atoms with Gasteiger partial charge in [0.05, 0.1) is 0 Å². The summed E-state index contributed by atoms with van der Waals surface area (Å²) < 4.78 is 0. The zero-order chi connectivity index (χ0) is 20.5. The molecule has 4 atom stereocenters. The lowest BCUT2D eigenvalue weighted by molar-refractivity contribution is -0.162. The van der Waals surface area contributed by atoms with E-state index in [1.54, 1.807) is 0 Å². The minimum atomic E-state index is -0.0154. The predicted molar refractivity (Wildman–Crippen MR) is 121 cm³/mol. The normalized spacial score (nSPS) is 41.7. The van der Waals surface area contributed by atoms with E-state index in [2.05, 4.69) is 42.6 Å². The summed E-state index contributed by atoms with van der Waals surface area (Å²) in [6, 6.07) is 11.3. The van der Waals surface area contributed by atoms with Gasteiger partial charge in [-0.05, 0) is 97.9 Å². The molecule has 1 aromatic rings. The van der Waals surface area contributed by atoms with Crippen LogP contribution in [0.15, 0.2) is 30.3 Å². The van der Waals surface area contributed by atoms with E-state index < -0.39 is 0 Å². The van der Waals surface area contributed by atoms with Crippen molar-refractivity contribution in [3.05, 3.63) is 35.9 Å². The number of carbonyl (C=O) groups is 1. The molecular weight excluding hydrogens is 366 g/mol. The van der Waals surface area contributed by atoms with Crippen LogP contribution in [0.25, 0.3) is 0 Å². The highest BCUT2D eigenvalue weighted by molar-refractivity contribution is 5.86. The molecule has 1 heterocycles. The van der Waals surface area contributed by atoms with Gasteiger partial charge in [0.1, 0.15) is 5.78 Å². The maximum atomic E-state index is 14.0. The van der Waals surface area contributed by atoms with Gasteiger partial charge in [-0.3, -0.25) is 4.79 Å². The Balaban J connectivity index is 1.26. The van der Waals surface area contributed by atoms with E-state index >= 15 is 0 Å². The molecule has 2 heteroatoms. The number of nitrogens with one attached hydrogen (secondary N) is 1. The molecule has 7 rings (SSSR count). The fourth-order valence-corrected chi connectivity index (χ4v) is 9.26. The number of rotatable bonds is 5. The van der Waals surface area contributed by atoms with Crippen molar-refractivity contribution in [1.82, 2.24) is 5.32 Å². The topological polar surface area (TPSA) is 29.1 Å². The van der Waals surface area contributed by atoms with Crippen molar-refractivity contribution in [2.75, 3.05) is 13.1 Å². The van der Waals surface area contributed by atoms with Crippen molar-refractivity contribution in [1.29, 1.82) is 0 Å². The third kappa shape index (κ3) is 2.89. The molecule has 162 valence electrons. The Bertz CT molecular complexity index is 818. The maximum Gasteiger partial charge on any atom is 0.139 e. The van der Waals surface area contributed by atoms with E-state index in [0.717, 1.165) is 18.8 Å². The smallest absolute Gasteiger partial charge is 0.139 e. The number of hydrogen-bond donors (Lipinski definition) is 1. The summed E-state index contributed by atoms with van der Waals surface area (Å²) in [5.41, 5.74) is 2.79. The van der Waals surface area contributed by atoms with Gasteiger partial charge in [0.15, 0.2) is 0 Å². The van der Waals surface area contributed by atoms with Crippen LogP contribution in [0.5, 0.6) is 0 Å². The third-order valence-corrected chi connectivity index (χ3v) is 10.6. The van der Waals surface area contributed by atoms with Crippen LogP contribution >= 0.6 is 0 Å². The second-order valence-corrected chi connectivity index (χ2v) is 12.5. The zero-order valence-electron chi connectivity index (χ0n) is 18.8. The second-order valence-electron chi connectivity index (χ2n) is 12.5. The van der Waals surface area contributed by atoms with Gasteiger partial charge in [-0.25, -0.2) is 0 Å². The van der Waals surface area contributed by atoms with Crippen molar-refractivity contribution in [2.45, 2.75) is 89.4 Å². The fraction of sp³-hybridized carbons (Fsp3) is 0.750. The number of benzene rings is 1. The van der Waals surface area contributed by atoms with E-state index in [1.165, 1.54) is 82.9 Å². The Kier molecular flexibility index (Phi) is 4.34. The van der Waals surface area contributed by atoms with Crippen molar-refractivity contribution in [3.8, 4) is 0 Å². The first-order chi connectivity index (χ1) is 14.5. The van der Waals surface area contributed by atoms with Crippen LogP contribution in [0, 0.1) is 28.1 Å². The Hall–Kier alpha value is -1.15. The summed E-state index contributed by atoms with van der Waals surface area (Å²) in [6.07, 6.45) is 15.0. The SMILES string of the molecule is CCC12CC3CC(C(=O)CC4CCC5(CC4)CNC5)(C1)CC(c1ccccc1)(C3)C2. The van der Waals surface area contributed by atoms with Crippen LogP contribution in [0.1, 0.15) is 89.5 Å². The minimum Gasteiger partial charge on any atom is -0.316 e. The molecular formula is C28H39NO. The highest BCUT2D eigenvalue weighted by atomic mass is 16.1. The Morgan fingerprint density at radius 3 is 2.43 bits per heavy atom. The first-order valence-corrected chi connectivity index (χ1v) is 12.8. The van der Waals surface area contributed by atoms with Crippen LogP contribution in [-0.2, 0) is 10.2 Å². The Labute approximate surface area is 182 Å². The first-order valence-electron chi connectivity index (χ1n) is 12.8. The monoisotopic (exact) mass is 405 g/mol. The van der Waals surface area contributed by atoms with Crippen LogP contribution in [0.4, 0.5) is 0 Å². The van der Waals surface area contributed by atoms with Gasteiger partial charge in [-0.1, -0.05) is 43.7 Å². The van der Waals surface area contributed by atoms with Crippen LogP contribution in [-0.4, -0.2) is 18.9 Å². The lowest BCUT2D eigenvalue weighted by Gasteiger charge is -2.66. The predicted octanol–water partition coefficient (Wildman–Crippen LogP) is 6.04. The summed E-state index contributed by atoms with van der Waals surface area (Å²) in [5.74, 6) is 2.08. The molecule has 4 unspecified atom stereocenters. The third-order valence-electron chi connectivity index (χ3n) is 10.6.